The molecule has 0 fully saturated rings. The number of amides is 1. The SMILES string of the molecule is Cc1csc(SCc2c(C(=O)N(C)c3ccccc3)oc3ccccc23)n1. The Bertz CT molecular complexity index is 1090. The van der Waals surface area contributed by atoms with E-state index in [-0.39, 0.29) is 5.91 Å². The number of rotatable bonds is 5. The first-order valence-electron chi connectivity index (χ1n) is 8.52. The number of hydrogen-bond donors (Lipinski definition) is 0. The van der Waals surface area contributed by atoms with Gasteiger partial charge in [0.15, 0.2) is 5.76 Å². The van der Waals surface area contributed by atoms with E-state index in [2.05, 4.69) is 4.98 Å². The van der Waals surface area contributed by atoms with E-state index in [9.17, 15) is 4.79 Å². The summed E-state index contributed by atoms with van der Waals surface area (Å²) in [4.78, 5) is 19.3. The summed E-state index contributed by atoms with van der Waals surface area (Å²) in [5.74, 6) is 0.875. The van der Waals surface area contributed by atoms with Gasteiger partial charge >= 0.3 is 0 Å². The molecule has 0 unspecified atom stereocenters. The summed E-state index contributed by atoms with van der Waals surface area (Å²) < 4.78 is 6.97. The second kappa shape index (κ2) is 7.58. The van der Waals surface area contributed by atoms with Gasteiger partial charge in [-0.25, -0.2) is 4.98 Å². The number of para-hydroxylation sites is 2. The summed E-state index contributed by atoms with van der Waals surface area (Å²) in [6.07, 6.45) is 0. The number of hydrogen-bond acceptors (Lipinski definition) is 5. The molecule has 0 aliphatic rings. The fraction of sp³-hybridized carbons (Fsp3) is 0.143. The third-order valence-corrected chi connectivity index (χ3v) is 6.44. The molecule has 4 nitrogen and oxygen atoms in total. The predicted molar refractivity (Wildman–Crippen MR) is 112 cm³/mol. The van der Waals surface area contributed by atoms with E-state index in [0.717, 1.165) is 32.3 Å². The highest BCUT2D eigenvalue weighted by Crippen LogP contribution is 2.34. The maximum absolute atomic E-state index is 13.2. The number of carbonyl (C=O) groups excluding carboxylic acids is 1. The molecular formula is C21H18N2O2S2. The molecule has 0 saturated carbocycles. The lowest BCUT2D eigenvalue weighted by molar-refractivity contribution is 0.0967. The highest BCUT2D eigenvalue weighted by Gasteiger charge is 2.24. The summed E-state index contributed by atoms with van der Waals surface area (Å²) >= 11 is 3.25. The van der Waals surface area contributed by atoms with Crippen LogP contribution in [0.5, 0.6) is 0 Å². The first-order valence-corrected chi connectivity index (χ1v) is 10.4. The molecule has 4 aromatic rings. The molecule has 0 saturated heterocycles. The van der Waals surface area contributed by atoms with Gasteiger partial charge in [-0.3, -0.25) is 4.79 Å². The Balaban J connectivity index is 1.70. The lowest BCUT2D eigenvalue weighted by Crippen LogP contribution is -2.26. The number of fused-ring (bicyclic) bond motifs is 1. The lowest BCUT2D eigenvalue weighted by Gasteiger charge is -2.16. The maximum atomic E-state index is 13.2. The van der Waals surface area contributed by atoms with Crippen LogP contribution in [0.1, 0.15) is 21.8 Å². The number of aromatic nitrogens is 1. The van der Waals surface area contributed by atoms with E-state index in [4.69, 9.17) is 4.42 Å². The van der Waals surface area contributed by atoms with Crippen LogP contribution in [-0.2, 0) is 5.75 Å². The van der Waals surface area contributed by atoms with Crippen LogP contribution in [0.25, 0.3) is 11.0 Å². The molecule has 136 valence electrons. The van der Waals surface area contributed by atoms with Crippen molar-refractivity contribution in [3.63, 3.8) is 0 Å². The van der Waals surface area contributed by atoms with E-state index in [1.54, 1.807) is 35.0 Å². The highest BCUT2D eigenvalue weighted by atomic mass is 32.2. The van der Waals surface area contributed by atoms with Crippen molar-refractivity contribution in [1.82, 2.24) is 4.98 Å². The van der Waals surface area contributed by atoms with Crippen LogP contribution in [0.3, 0.4) is 0 Å². The van der Waals surface area contributed by atoms with Crippen LogP contribution in [0.4, 0.5) is 5.69 Å². The molecule has 0 aliphatic heterocycles. The quantitative estimate of drug-likeness (QED) is 0.403. The molecule has 2 aromatic carbocycles. The smallest absolute Gasteiger partial charge is 0.294 e. The number of thioether (sulfide) groups is 1. The van der Waals surface area contributed by atoms with Gasteiger partial charge in [0, 0.05) is 40.5 Å². The van der Waals surface area contributed by atoms with Crippen LogP contribution in [0.15, 0.2) is 68.7 Å². The van der Waals surface area contributed by atoms with Crippen molar-refractivity contribution in [1.29, 1.82) is 0 Å². The topological polar surface area (TPSA) is 46.3 Å². The zero-order chi connectivity index (χ0) is 18.8. The van der Waals surface area contributed by atoms with Gasteiger partial charge in [0.2, 0.25) is 0 Å². The van der Waals surface area contributed by atoms with Gasteiger partial charge in [-0.05, 0) is 25.1 Å². The number of anilines is 1. The van der Waals surface area contributed by atoms with E-state index in [0.29, 0.717) is 11.5 Å². The van der Waals surface area contributed by atoms with Gasteiger partial charge in [-0.1, -0.05) is 48.2 Å². The average Bonchev–Trinajstić information content (AvgIpc) is 3.29. The Morgan fingerprint density at radius 2 is 1.89 bits per heavy atom. The van der Waals surface area contributed by atoms with Crippen LogP contribution in [0.2, 0.25) is 0 Å². The summed E-state index contributed by atoms with van der Waals surface area (Å²) in [5.41, 5.74) is 3.49. The molecule has 0 aliphatic carbocycles. The molecular weight excluding hydrogens is 376 g/mol. The first kappa shape index (κ1) is 17.8. The summed E-state index contributed by atoms with van der Waals surface area (Å²) in [6.45, 7) is 1.98. The van der Waals surface area contributed by atoms with E-state index >= 15 is 0 Å². The molecule has 4 rings (SSSR count). The van der Waals surface area contributed by atoms with Gasteiger partial charge in [-0.2, -0.15) is 0 Å². The van der Waals surface area contributed by atoms with Crippen molar-refractivity contribution in [3.05, 3.63) is 77.0 Å². The molecule has 27 heavy (non-hydrogen) atoms. The fourth-order valence-electron chi connectivity index (χ4n) is 2.87. The molecule has 0 spiro atoms. The number of nitrogens with zero attached hydrogens (tertiary/aromatic N) is 2. The number of thiazole rings is 1. The fourth-order valence-corrected chi connectivity index (χ4v) is 4.75. The Morgan fingerprint density at radius 1 is 1.15 bits per heavy atom. The van der Waals surface area contributed by atoms with E-state index in [1.165, 1.54) is 0 Å². The molecule has 1 amide bonds. The van der Waals surface area contributed by atoms with Crippen LogP contribution >= 0.6 is 23.1 Å². The third-order valence-electron chi connectivity index (χ3n) is 4.28. The number of benzene rings is 2. The second-order valence-corrected chi connectivity index (χ2v) is 8.23. The number of carbonyl (C=O) groups is 1. The van der Waals surface area contributed by atoms with Crippen molar-refractivity contribution in [2.24, 2.45) is 0 Å². The van der Waals surface area contributed by atoms with Crippen LogP contribution in [0, 0.1) is 6.92 Å². The van der Waals surface area contributed by atoms with E-state index in [1.807, 2.05) is 66.9 Å². The van der Waals surface area contributed by atoms with Crippen molar-refractivity contribution in [3.8, 4) is 0 Å². The Morgan fingerprint density at radius 3 is 2.63 bits per heavy atom. The number of aryl methyl sites for hydroxylation is 1. The molecule has 0 bridgehead atoms. The zero-order valence-corrected chi connectivity index (χ0v) is 16.6. The molecule has 2 heterocycles. The minimum atomic E-state index is -0.150. The van der Waals surface area contributed by atoms with Crippen molar-refractivity contribution in [2.75, 3.05) is 11.9 Å². The predicted octanol–water partition coefficient (Wildman–Crippen LogP) is 5.77. The van der Waals surface area contributed by atoms with Gasteiger partial charge < -0.3 is 9.32 Å². The van der Waals surface area contributed by atoms with Gasteiger partial charge in [-0.15, -0.1) is 11.3 Å². The Kier molecular flexibility index (Phi) is 5.01. The largest absolute Gasteiger partial charge is 0.451 e. The maximum Gasteiger partial charge on any atom is 0.294 e. The number of furan rings is 1. The molecule has 0 radical (unpaired) electrons. The molecule has 2 aromatic heterocycles. The van der Waals surface area contributed by atoms with Crippen LogP contribution < -0.4 is 4.90 Å². The third kappa shape index (κ3) is 3.63. The standard InChI is InChI=1S/C21H18N2O2S2/c1-14-12-26-21(22-14)27-13-17-16-10-6-7-11-18(16)25-19(17)20(24)23(2)15-8-4-3-5-9-15/h3-12H,13H2,1-2H3. The Labute approximate surface area is 165 Å². The van der Waals surface area contributed by atoms with E-state index < -0.39 is 0 Å². The second-order valence-electron chi connectivity index (χ2n) is 6.15. The lowest BCUT2D eigenvalue weighted by atomic mass is 10.1. The summed E-state index contributed by atoms with van der Waals surface area (Å²) in [5, 5.41) is 3.01. The van der Waals surface area contributed by atoms with Gasteiger partial charge in [0.05, 0.1) is 0 Å². The molecule has 0 atom stereocenters. The Hall–Kier alpha value is -2.57. The molecule has 0 N–H and O–H groups in total. The first-order chi connectivity index (χ1) is 13.1. The molecule has 6 heteroatoms. The summed E-state index contributed by atoms with van der Waals surface area (Å²) in [7, 11) is 1.77. The normalized spacial score (nSPS) is 11.0. The minimum Gasteiger partial charge on any atom is -0.451 e. The monoisotopic (exact) mass is 394 g/mol. The van der Waals surface area contributed by atoms with Crippen molar-refractivity contribution >= 4 is 45.7 Å². The van der Waals surface area contributed by atoms with Crippen molar-refractivity contribution in [2.45, 2.75) is 17.0 Å². The van der Waals surface area contributed by atoms with Crippen molar-refractivity contribution < 1.29 is 9.21 Å². The van der Waals surface area contributed by atoms with Gasteiger partial charge in [0.25, 0.3) is 5.91 Å². The zero-order valence-electron chi connectivity index (χ0n) is 15.0. The average molecular weight is 395 g/mol. The summed E-state index contributed by atoms with van der Waals surface area (Å²) in [6, 6.07) is 17.4. The highest BCUT2D eigenvalue weighted by molar-refractivity contribution is 8.00. The minimum absolute atomic E-state index is 0.150. The van der Waals surface area contributed by atoms with Crippen LogP contribution in [-0.4, -0.2) is 17.9 Å². The van der Waals surface area contributed by atoms with Gasteiger partial charge in [0.1, 0.15) is 9.92 Å².